The molecular weight excluding hydrogens is 538 g/mol. The predicted molar refractivity (Wildman–Crippen MR) is 148 cm³/mol. The molecule has 0 bridgehead atoms. The van der Waals surface area contributed by atoms with E-state index in [9.17, 15) is 13.2 Å². The van der Waals surface area contributed by atoms with Crippen LogP contribution in [0.4, 0.5) is 0 Å². The third-order valence-corrected chi connectivity index (χ3v) is 8.67. The van der Waals surface area contributed by atoms with Crippen LogP contribution in [0.15, 0.2) is 77.1 Å². The summed E-state index contributed by atoms with van der Waals surface area (Å²) in [6, 6.07) is 20.0. The molecule has 39 heavy (non-hydrogen) atoms. The Morgan fingerprint density at radius 2 is 1.79 bits per heavy atom. The molecule has 1 amide bonds. The molecule has 0 saturated heterocycles. The third-order valence-electron chi connectivity index (χ3n) is 5.64. The Morgan fingerprint density at radius 1 is 1.08 bits per heavy atom. The first kappa shape index (κ1) is 28.4. The third kappa shape index (κ3) is 7.96. The molecule has 0 saturated carbocycles. The van der Waals surface area contributed by atoms with E-state index >= 15 is 0 Å². The minimum absolute atomic E-state index is 0.0528. The molecule has 3 N–H and O–H groups in total. The summed E-state index contributed by atoms with van der Waals surface area (Å²) in [4.78, 5) is 12.8. The van der Waals surface area contributed by atoms with E-state index in [2.05, 4.69) is 15.0 Å². The van der Waals surface area contributed by atoms with Crippen molar-refractivity contribution in [1.29, 1.82) is 0 Å². The van der Waals surface area contributed by atoms with E-state index in [1.54, 1.807) is 23.8 Å². The zero-order chi connectivity index (χ0) is 28.0. The summed E-state index contributed by atoms with van der Waals surface area (Å²) in [6.45, 7) is 5.83. The Bertz CT molecular complexity index is 1490. The number of nitrogens with zero attached hydrogens (tertiary/aromatic N) is 3. The molecule has 2 aromatic carbocycles. The summed E-state index contributed by atoms with van der Waals surface area (Å²) in [5.74, 6) is 0.158. The van der Waals surface area contributed by atoms with E-state index in [-0.39, 0.29) is 22.8 Å². The highest BCUT2D eigenvalue weighted by Crippen LogP contribution is 2.30. The van der Waals surface area contributed by atoms with Crippen molar-refractivity contribution in [3.8, 4) is 16.2 Å². The molecule has 1 atom stereocenters. The number of ether oxygens (including phenoxy) is 1. The Labute approximate surface area is 231 Å². The zero-order valence-corrected chi connectivity index (χ0v) is 23.5. The quantitative estimate of drug-likeness (QED) is 0.181. The Hall–Kier alpha value is -3.58. The van der Waals surface area contributed by atoms with Crippen molar-refractivity contribution in [3.05, 3.63) is 84.2 Å². The Morgan fingerprint density at radius 3 is 2.46 bits per heavy atom. The van der Waals surface area contributed by atoms with Crippen LogP contribution in [0.25, 0.3) is 10.4 Å². The van der Waals surface area contributed by atoms with E-state index in [4.69, 9.17) is 9.94 Å². The van der Waals surface area contributed by atoms with Crippen molar-refractivity contribution in [2.75, 3.05) is 0 Å². The lowest BCUT2D eigenvalue weighted by atomic mass is 10.0. The van der Waals surface area contributed by atoms with E-state index < -0.39 is 22.0 Å². The monoisotopic (exact) mass is 569 g/mol. The van der Waals surface area contributed by atoms with Crippen LogP contribution in [0.5, 0.6) is 5.75 Å². The number of amides is 1. The lowest BCUT2D eigenvalue weighted by Gasteiger charge is -2.21. The van der Waals surface area contributed by atoms with Crippen molar-refractivity contribution in [2.24, 2.45) is 0 Å². The molecule has 4 rings (SSSR count). The van der Waals surface area contributed by atoms with Gasteiger partial charge < -0.3 is 4.74 Å². The first-order valence-corrected chi connectivity index (χ1v) is 14.6. The number of carbonyl (C=O) groups is 1. The second kappa shape index (κ2) is 12.1. The van der Waals surface area contributed by atoms with Crippen LogP contribution in [0.1, 0.15) is 44.5 Å². The SMILES string of the molecule is CC(C)(C)Oc1ccc(C[C@@H](CC(=O)NO)n2cc(CNS(=O)(=O)c3ccc(-c4ccccc4)s3)nn2)cc1. The second-order valence-electron chi connectivity index (χ2n) is 9.95. The molecule has 0 fully saturated rings. The van der Waals surface area contributed by atoms with Crippen LogP contribution >= 0.6 is 11.3 Å². The summed E-state index contributed by atoms with van der Waals surface area (Å²) >= 11 is 1.18. The van der Waals surface area contributed by atoms with Crippen molar-refractivity contribution in [3.63, 3.8) is 0 Å². The van der Waals surface area contributed by atoms with Gasteiger partial charge in [0.1, 0.15) is 15.6 Å². The average Bonchev–Trinajstić information content (AvgIpc) is 3.59. The molecule has 0 spiro atoms. The lowest BCUT2D eigenvalue weighted by Crippen LogP contribution is -2.25. The maximum Gasteiger partial charge on any atom is 0.250 e. The maximum atomic E-state index is 12.9. The maximum absolute atomic E-state index is 12.9. The van der Waals surface area contributed by atoms with Crippen molar-refractivity contribution in [2.45, 2.75) is 56.0 Å². The first-order chi connectivity index (χ1) is 18.5. The highest BCUT2D eigenvalue weighted by atomic mass is 32.2. The van der Waals surface area contributed by atoms with Gasteiger partial charge in [-0.3, -0.25) is 10.0 Å². The first-order valence-electron chi connectivity index (χ1n) is 12.3. The van der Waals surface area contributed by atoms with E-state index in [1.165, 1.54) is 16.0 Å². The smallest absolute Gasteiger partial charge is 0.250 e. The Kier molecular flexibility index (Phi) is 8.80. The van der Waals surface area contributed by atoms with E-state index in [0.717, 1.165) is 21.8 Å². The van der Waals surface area contributed by atoms with Gasteiger partial charge in [0.15, 0.2) is 0 Å². The number of hydrogen-bond donors (Lipinski definition) is 3. The number of carbonyl (C=O) groups excluding carboxylic acids is 1. The molecule has 0 aliphatic rings. The van der Waals surface area contributed by atoms with Gasteiger partial charge in [-0.15, -0.1) is 16.4 Å². The van der Waals surface area contributed by atoms with Crippen molar-refractivity contribution in [1.82, 2.24) is 25.2 Å². The van der Waals surface area contributed by atoms with Gasteiger partial charge in [-0.05, 0) is 62.6 Å². The number of benzene rings is 2. The molecule has 206 valence electrons. The lowest BCUT2D eigenvalue weighted by molar-refractivity contribution is -0.130. The highest BCUT2D eigenvalue weighted by Gasteiger charge is 2.21. The number of sulfonamides is 1. The van der Waals surface area contributed by atoms with Gasteiger partial charge in [0.25, 0.3) is 0 Å². The molecular formula is C27H31N5O5S2. The minimum atomic E-state index is -3.76. The Balaban J connectivity index is 1.43. The number of hydroxylamine groups is 1. The zero-order valence-electron chi connectivity index (χ0n) is 21.9. The molecule has 2 heterocycles. The van der Waals surface area contributed by atoms with Crippen molar-refractivity contribution < 1.29 is 23.2 Å². The molecule has 12 heteroatoms. The second-order valence-corrected chi connectivity index (χ2v) is 13.0. The fourth-order valence-electron chi connectivity index (χ4n) is 3.87. The standard InChI is InChI=1S/C27H31N5O5S2/c1-27(2,3)37-23-11-9-19(10-12-23)15-22(16-25(33)30-34)32-18-21(29-31-32)17-28-39(35,36)26-14-13-24(38-26)20-7-5-4-6-8-20/h4-14,18,22,28,34H,15-17H2,1-3H3,(H,30,33)/t22-/m0/s1. The number of aromatic nitrogens is 3. The normalized spacial score (nSPS) is 12.7. The summed E-state index contributed by atoms with van der Waals surface area (Å²) in [5, 5.41) is 17.3. The van der Waals surface area contributed by atoms with Crippen LogP contribution in [0, 0.1) is 0 Å². The highest BCUT2D eigenvalue weighted by molar-refractivity contribution is 7.91. The van der Waals surface area contributed by atoms with Gasteiger partial charge in [0.05, 0.1) is 30.9 Å². The summed E-state index contributed by atoms with van der Waals surface area (Å²) < 4.78 is 35.9. The molecule has 0 aliphatic carbocycles. The van der Waals surface area contributed by atoms with Crippen molar-refractivity contribution >= 4 is 27.3 Å². The summed E-state index contributed by atoms with van der Waals surface area (Å²) in [7, 11) is -3.76. The molecule has 10 nitrogen and oxygen atoms in total. The number of thiophene rings is 1. The largest absolute Gasteiger partial charge is 0.488 e. The van der Waals surface area contributed by atoms with Gasteiger partial charge in [-0.25, -0.2) is 23.3 Å². The van der Waals surface area contributed by atoms with Crippen LogP contribution in [-0.4, -0.2) is 40.1 Å². The minimum Gasteiger partial charge on any atom is -0.488 e. The number of nitrogens with one attached hydrogen (secondary N) is 2. The van der Waals surface area contributed by atoms with E-state index in [1.807, 2.05) is 75.4 Å². The van der Waals surface area contributed by atoms with Crippen LogP contribution in [-0.2, 0) is 27.8 Å². The van der Waals surface area contributed by atoms with Gasteiger partial charge in [0.2, 0.25) is 15.9 Å². The predicted octanol–water partition coefficient (Wildman–Crippen LogP) is 4.34. The summed E-state index contributed by atoms with van der Waals surface area (Å²) in [5.41, 5.74) is 3.60. The average molecular weight is 570 g/mol. The number of hydrogen-bond acceptors (Lipinski definition) is 8. The van der Waals surface area contributed by atoms with Gasteiger partial charge in [0, 0.05) is 4.88 Å². The fraction of sp³-hybridized carbons (Fsp3) is 0.296. The van der Waals surface area contributed by atoms with Gasteiger partial charge in [-0.1, -0.05) is 47.7 Å². The van der Waals surface area contributed by atoms with Crippen LogP contribution in [0.2, 0.25) is 0 Å². The van der Waals surface area contributed by atoms with Gasteiger partial charge in [-0.2, -0.15) is 0 Å². The van der Waals surface area contributed by atoms with Gasteiger partial charge >= 0.3 is 0 Å². The fourth-order valence-corrected chi connectivity index (χ4v) is 6.23. The molecule has 2 aromatic heterocycles. The van der Waals surface area contributed by atoms with Crippen LogP contribution in [0.3, 0.4) is 0 Å². The molecule has 4 aromatic rings. The number of rotatable bonds is 11. The topological polar surface area (TPSA) is 135 Å². The molecule has 0 radical (unpaired) electrons. The van der Waals surface area contributed by atoms with Crippen LogP contribution < -0.4 is 14.9 Å². The molecule has 0 unspecified atom stereocenters. The molecule has 0 aliphatic heterocycles. The van der Waals surface area contributed by atoms with E-state index in [0.29, 0.717) is 12.1 Å². The summed E-state index contributed by atoms with van der Waals surface area (Å²) in [6.07, 6.45) is 1.97.